The van der Waals surface area contributed by atoms with Gasteiger partial charge in [0.1, 0.15) is 0 Å². The summed E-state index contributed by atoms with van der Waals surface area (Å²) in [6.07, 6.45) is 1.92. The van der Waals surface area contributed by atoms with E-state index >= 15 is 0 Å². The van der Waals surface area contributed by atoms with Gasteiger partial charge < -0.3 is 4.74 Å². The average Bonchev–Trinajstić information content (AvgIpc) is 2.79. The van der Waals surface area contributed by atoms with Crippen LogP contribution in [0.1, 0.15) is 5.56 Å². The van der Waals surface area contributed by atoms with E-state index in [4.69, 9.17) is 0 Å². The highest BCUT2D eigenvalue weighted by molar-refractivity contribution is 6.09. The van der Waals surface area contributed by atoms with Crippen molar-refractivity contribution < 1.29 is 14.3 Å². The van der Waals surface area contributed by atoms with Crippen LogP contribution in [0.4, 0.5) is 0 Å². The number of cyclic esters (lactones) is 1. The minimum absolute atomic E-state index is 0.288. The van der Waals surface area contributed by atoms with Gasteiger partial charge in [0.25, 0.3) is 11.9 Å². The molecule has 1 aromatic carbocycles. The normalized spacial score (nSPS) is 25.1. The summed E-state index contributed by atoms with van der Waals surface area (Å²) in [5.74, 6) is -0.480. The van der Waals surface area contributed by atoms with Crippen molar-refractivity contribution in [2.75, 3.05) is 0 Å². The third-order valence-corrected chi connectivity index (χ3v) is 2.02. The summed E-state index contributed by atoms with van der Waals surface area (Å²) >= 11 is 0. The standard InChI is InChI=1S/C10H7O3/c11-7-10(9(12)13-10)6-8-4-2-1-3-5-8/h1-5H,6H2. The molecule has 1 radical (unpaired) electrons. The van der Waals surface area contributed by atoms with Crippen LogP contribution in [0.15, 0.2) is 30.3 Å². The summed E-state index contributed by atoms with van der Waals surface area (Å²) in [6, 6.07) is 9.25. The predicted molar refractivity (Wildman–Crippen MR) is 44.7 cm³/mol. The number of hydrogen-bond acceptors (Lipinski definition) is 3. The molecule has 3 heteroatoms. The van der Waals surface area contributed by atoms with Crippen LogP contribution in [-0.4, -0.2) is 17.9 Å². The van der Waals surface area contributed by atoms with Gasteiger partial charge in [0.2, 0.25) is 0 Å². The van der Waals surface area contributed by atoms with E-state index in [-0.39, 0.29) is 6.42 Å². The van der Waals surface area contributed by atoms with Gasteiger partial charge in [0.15, 0.2) is 0 Å². The van der Waals surface area contributed by atoms with Crippen molar-refractivity contribution in [3.63, 3.8) is 0 Å². The first kappa shape index (κ1) is 7.98. The first-order valence-electron chi connectivity index (χ1n) is 3.93. The Labute approximate surface area is 75.3 Å². The fraction of sp³-hybridized carbons (Fsp3) is 0.200. The monoisotopic (exact) mass is 175 g/mol. The number of carbonyl (C=O) groups is 1. The van der Waals surface area contributed by atoms with Crippen molar-refractivity contribution in [2.45, 2.75) is 12.0 Å². The Balaban J connectivity index is 2.15. The topological polar surface area (TPSA) is 46.7 Å². The number of carbonyl (C=O) groups excluding carboxylic acids is 2. The van der Waals surface area contributed by atoms with Crippen molar-refractivity contribution in [3.05, 3.63) is 35.9 Å². The fourth-order valence-corrected chi connectivity index (χ4v) is 1.22. The zero-order valence-corrected chi connectivity index (χ0v) is 6.82. The molecule has 0 amide bonds. The number of epoxide rings is 1. The molecular formula is C10H7O3. The third kappa shape index (κ3) is 1.33. The van der Waals surface area contributed by atoms with Gasteiger partial charge in [0, 0.05) is 6.42 Å². The van der Waals surface area contributed by atoms with E-state index in [9.17, 15) is 9.59 Å². The van der Waals surface area contributed by atoms with Crippen LogP contribution in [0.3, 0.4) is 0 Å². The number of hydrogen-bond donors (Lipinski definition) is 0. The van der Waals surface area contributed by atoms with Gasteiger partial charge in [-0.2, -0.15) is 0 Å². The molecule has 1 saturated heterocycles. The molecule has 1 fully saturated rings. The maximum absolute atomic E-state index is 10.8. The van der Waals surface area contributed by atoms with Gasteiger partial charge >= 0.3 is 5.97 Å². The van der Waals surface area contributed by atoms with Gasteiger partial charge in [-0.05, 0) is 5.56 Å². The molecule has 0 bridgehead atoms. The largest absolute Gasteiger partial charge is 0.435 e. The Kier molecular flexibility index (Phi) is 1.65. The van der Waals surface area contributed by atoms with Crippen LogP contribution in [0.5, 0.6) is 0 Å². The minimum atomic E-state index is -1.29. The van der Waals surface area contributed by atoms with Gasteiger partial charge in [-0.1, -0.05) is 30.3 Å². The highest BCUT2D eigenvalue weighted by atomic mass is 16.7. The van der Waals surface area contributed by atoms with Crippen molar-refractivity contribution in [3.8, 4) is 0 Å². The molecule has 1 unspecified atom stereocenters. The third-order valence-electron chi connectivity index (χ3n) is 2.02. The van der Waals surface area contributed by atoms with Crippen LogP contribution in [0, 0.1) is 0 Å². The molecule has 2 rings (SSSR count). The molecule has 0 N–H and O–H groups in total. The van der Waals surface area contributed by atoms with Crippen molar-refractivity contribution in [1.29, 1.82) is 0 Å². The molecule has 0 saturated carbocycles. The lowest BCUT2D eigenvalue weighted by molar-refractivity contribution is -0.117. The van der Waals surface area contributed by atoms with Crippen LogP contribution in [0.2, 0.25) is 0 Å². The van der Waals surface area contributed by atoms with Crippen LogP contribution < -0.4 is 0 Å². The lowest BCUT2D eigenvalue weighted by atomic mass is 10.0. The molecule has 1 heterocycles. The number of benzene rings is 1. The van der Waals surface area contributed by atoms with E-state index in [0.29, 0.717) is 0 Å². The molecule has 1 aliphatic heterocycles. The average molecular weight is 175 g/mol. The van der Waals surface area contributed by atoms with Crippen LogP contribution >= 0.6 is 0 Å². The Morgan fingerprint density at radius 1 is 1.31 bits per heavy atom. The van der Waals surface area contributed by atoms with E-state index in [1.165, 1.54) is 0 Å². The predicted octanol–water partition coefficient (Wildman–Crippen LogP) is 0.634. The van der Waals surface area contributed by atoms with E-state index in [2.05, 4.69) is 4.74 Å². The highest BCUT2D eigenvalue weighted by Gasteiger charge is 2.59. The summed E-state index contributed by atoms with van der Waals surface area (Å²) in [7, 11) is 0. The molecule has 1 aromatic rings. The number of rotatable bonds is 3. The van der Waals surface area contributed by atoms with E-state index in [1.54, 1.807) is 6.29 Å². The quantitative estimate of drug-likeness (QED) is 0.500. The maximum atomic E-state index is 10.8. The SMILES string of the molecule is O=[C]C1(Cc2ccccc2)OC1=O. The zero-order valence-electron chi connectivity index (χ0n) is 6.82. The van der Waals surface area contributed by atoms with Crippen molar-refractivity contribution in [1.82, 2.24) is 0 Å². The molecule has 0 aromatic heterocycles. The molecule has 13 heavy (non-hydrogen) atoms. The molecule has 1 atom stereocenters. The molecular weight excluding hydrogens is 168 g/mol. The molecule has 1 aliphatic rings. The highest BCUT2D eigenvalue weighted by Crippen LogP contribution is 2.30. The summed E-state index contributed by atoms with van der Waals surface area (Å²) < 4.78 is 4.60. The first-order valence-corrected chi connectivity index (χ1v) is 3.93. The molecule has 0 spiro atoms. The maximum Gasteiger partial charge on any atom is 0.361 e. The summed E-state index contributed by atoms with van der Waals surface area (Å²) in [5.41, 5.74) is -0.391. The zero-order chi connectivity index (χ0) is 9.31. The summed E-state index contributed by atoms with van der Waals surface area (Å²) in [5, 5.41) is 0. The van der Waals surface area contributed by atoms with Gasteiger partial charge in [0.05, 0.1) is 0 Å². The summed E-state index contributed by atoms with van der Waals surface area (Å²) in [4.78, 5) is 21.2. The van der Waals surface area contributed by atoms with Gasteiger partial charge in [-0.15, -0.1) is 0 Å². The fourth-order valence-electron chi connectivity index (χ4n) is 1.22. The second-order valence-electron chi connectivity index (χ2n) is 2.98. The van der Waals surface area contributed by atoms with E-state index in [1.807, 2.05) is 30.3 Å². The van der Waals surface area contributed by atoms with Crippen molar-refractivity contribution >= 4 is 12.3 Å². The lowest BCUT2D eigenvalue weighted by Gasteiger charge is -1.98. The lowest BCUT2D eigenvalue weighted by Crippen LogP contribution is -2.18. The Morgan fingerprint density at radius 2 is 1.92 bits per heavy atom. The molecule has 0 aliphatic carbocycles. The second kappa shape index (κ2) is 2.69. The van der Waals surface area contributed by atoms with Crippen LogP contribution in [0.25, 0.3) is 0 Å². The first-order chi connectivity index (χ1) is 6.27. The van der Waals surface area contributed by atoms with E-state index < -0.39 is 11.6 Å². The van der Waals surface area contributed by atoms with Crippen molar-refractivity contribution in [2.24, 2.45) is 0 Å². The van der Waals surface area contributed by atoms with Crippen LogP contribution in [-0.2, 0) is 20.7 Å². The Bertz CT molecular complexity index is 344. The van der Waals surface area contributed by atoms with E-state index in [0.717, 1.165) is 5.56 Å². The smallest absolute Gasteiger partial charge is 0.361 e. The van der Waals surface area contributed by atoms with Gasteiger partial charge in [-0.25, -0.2) is 4.79 Å². The second-order valence-corrected chi connectivity index (χ2v) is 2.98. The molecule has 3 nitrogen and oxygen atoms in total. The minimum Gasteiger partial charge on any atom is -0.435 e. The number of ether oxygens (including phenoxy) is 1. The van der Waals surface area contributed by atoms with Gasteiger partial charge in [-0.3, -0.25) is 4.79 Å². The summed E-state index contributed by atoms with van der Waals surface area (Å²) in [6.45, 7) is 0. The Hall–Kier alpha value is -1.64. The Morgan fingerprint density at radius 3 is 2.38 bits per heavy atom. The molecule has 65 valence electrons.